The number of pyridine rings is 1. The topological polar surface area (TPSA) is 52.2 Å². The molecule has 2 saturated heterocycles. The Balaban J connectivity index is 0.000000148. The molecular formula is C19H28BrN5. The molecule has 0 saturated carbocycles. The second kappa shape index (κ2) is 12.8. The Bertz CT molecular complexity index is 531. The minimum atomic E-state index is 1.08. The highest BCUT2D eigenvalue weighted by Crippen LogP contribution is 2.11. The molecule has 1 aromatic carbocycles. The summed E-state index contributed by atoms with van der Waals surface area (Å²) in [4.78, 5) is 6.45. The summed E-state index contributed by atoms with van der Waals surface area (Å²) in [5.74, 6) is 0. The Morgan fingerprint density at radius 2 is 1.36 bits per heavy atom. The number of nitrogens with zero attached hydrogens (tertiary/aromatic N) is 2. The summed E-state index contributed by atoms with van der Waals surface area (Å²) in [6.45, 7) is 8.89. The normalized spacial score (nSPS) is 16.8. The molecule has 0 bridgehead atoms. The van der Waals surface area contributed by atoms with E-state index in [9.17, 15) is 0 Å². The van der Waals surface area contributed by atoms with E-state index in [4.69, 9.17) is 0 Å². The van der Waals surface area contributed by atoms with E-state index >= 15 is 0 Å². The van der Waals surface area contributed by atoms with Crippen LogP contribution in [0.5, 0.6) is 0 Å². The van der Waals surface area contributed by atoms with Gasteiger partial charge < -0.3 is 20.9 Å². The largest absolute Gasteiger partial charge is 0.368 e. The predicted molar refractivity (Wildman–Crippen MR) is 109 cm³/mol. The fourth-order valence-corrected chi connectivity index (χ4v) is 2.79. The van der Waals surface area contributed by atoms with Crippen LogP contribution in [0.1, 0.15) is 0 Å². The van der Waals surface area contributed by atoms with Crippen LogP contribution < -0.4 is 20.9 Å². The Morgan fingerprint density at radius 1 is 0.760 bits per heavy atom. The molecular weight excluding hydrogens is 378 g/mol. The van der Waals surface area contributed by atoms with Crippen LogP contribution in [0.25, 0.3) is 0 Å². The molecule has 2 aromatic rings. The Hall–Kier alpha value is -1.47. The van der Waals surface area contributed by atoms with Crippen LogP contribution in [0.4, 0.5) is 5.69 Å². The standard InChI is InChI=1S/C9H13N3.C6H5Br.C4H10N2/c1-2-9(8-11-3-1)12-6-4-10-5-7-12;7-6-4-2-1-3-5-6;1-2-6-4-3-5-1/h1-3,8,10H,4-7H2;1-5H;5-6H,1-4H2. The number of piperazine rings is 2. The van der Waals surface area contributed by atoms with Crippen molar-refractivity contribution < 1.29 is 0 Å². The Kier molecular flexibility index (Phi) is 10.2. The quantitative estimate of drug-likeness (QED) is 0.678. The van der Waals surface area contributed by atoms with Gasteiger partial charge in [-0.2, -0.15) is 0 Å². The zero-order chi connectivity index (χ0) is 17.6. The molecule has 5 nitrogen and oxygen atoms in total. The Morgan fingerprint density at radius 3 is 1.80 bits per heavy atom. The number of hydrogen-bond donors (Lipinski definition) is 3. The molecule has 0 atom stereocenters. The molecule has 0 aliphatic carbocycles. The van der Waals surface area contributed by atoms with Gasteiger partial charge in [0.25, 0.3) is 0 Å². The zero-order valence-corrected chi connectivity index (χ0v) is 16.2. The number of benzene rings is 1. The molecule has 2 aliphatic heterocycles. The van der Waals surface area contributed by atoms with E-state index in [1.807, 2.05) is 48.8 Å². The first-order valence-corrected chi connectivity index (χ1v) is 9.63. The third-order valence-corrected chi connectivity index (χ3v) is 4.35. The maximum atomic E-state index is 4.10. The highest BCUT2D eigenvalue weighted by Gasteiger charge is 2.09. The molecule has 6 heteroatoms. The maximum Gasteiger partial charge on any atom is 0.0553 e. The number of aromatic nitrogens is 1. The van der Waals surface area contributed by atoms with Gasteiger partial charge in [-0.3, -0.25) is 4.98 Å². The summed E-state index contributed by atoms with van der Waals surface area (Å²) >= 11 is 3.31. The molecule has 4 rings (SSSR count). The van der Waals surface area contributed by atoms with Crippen LogP contribution in [-0.4, -0.2) is 57.3 Å². The van der Waals surface area contributed by atoms with E-state index in [0.717, 1.165) is 56.8 Å². The fraction of sp³-hybridized carbons (Fsp3) is 0.421. The first-order chi connectivity index (χ1) is 12.4. The van der Waals surface area contributed by atoms with Gasteiger partial charge in [0.05, 0.1) is 11.9 Å². The summed E-state index contributed by atoms with van der Waals surface area (Å²) < 4.78 is 1.13. The third kappa shape index (κ3) is 8.97. The first-order valence-electron chi connectivity index (χ1n) is 8.84. The van der Waals surface area contributed by atoms with Crippen molar-refractivity contribution in [3.63, 3.8) is 0 Å². The lowest BCUT2D eigenvalue weighted by molar-refractivity contribution is 0.534. The molecule has 0 amide bonds. The van der Waals surface area contributed by atoms with Crippen LogP contribution in [0.15, 0.2) is 59.3 Å². The molecule has 0 radical (unpaired) electrons. The van der Waals surface area contributed by atoms with Crippen molar-refractivity contribution in [3.05, 3.63) is 59.3 Å². The minimum absolute atomic E-state index is 1.08. The SMILES string of the molecule is Brc1ccccc1.C1CNCCN1.c1cncc(N2CCNCC2)c1. The van der Waals surface area contributed by atoms with Gasteiger partial charge in [0.2, 0.25) is 0 Å². The fourth-order valence-electron chi connectivity index (χ4n) is 2.48. The molecule has 1 aromatic heterocycles. The summed E-state index contributed by atoms with van der Waals surface area (Å²) in [6, 6.07) is 14.1. The van der Waals surface area contributed by atoms with Gasteiger partial charge in [0, 0.05) is 63.0 Å². The monoisotopic (exact) mass is 405 g/mol. The van der Waals surface area contributed by atoms with E-state index < -0.39 is 0 Å². The zero-order valence-electron chi connectivity index (χ0n) is 14.6. The van der Waals surface area contributed by atoms with Gasteiger partial charge in [0.1, 0.15) is 0 Å². The second-order valence-corrected chi connectivity index (χ2v) is 6.66. The number of hydrogen-bond acceptors (Lipinski definition) is 5. The molecule has 0 unspecified atom stereocenters. The van der Waals surface area contributed by atoms with E-state index in [1.165, 1.54) is 5.69 Å². The van der Waals surface area contributed by atoms with Crippen LogP contribution in [0, 0.1) is 0 Å². The number of halogens is 1. The minimum Gasteiger partial charge on any atom is -0.368 e. The highest BCUT2D eigenvalue weighted by molar-refractivity contribution is 9.10. The van der Waals surface area contributed by atoms with E-state index in [1.54, 1.807) is 0 Å². The average molecular weight is 406 g/mol. The van der Waals surface area contributed by atoms with Crippen molar-refractivity contribution >= 4 is 21.6 Å². The van der Waals surface area contributed by atoms with E-state index in [-0.39, 0.29) is 0 Å². The predicted octanol–water partition coefficient (Wildman–Crippen LogP) is 2.12. The molecule has 3 N–H and O–H groups in total. The van der Waals surface area contributed by atoms with Gasteiger partial charge in [-0.05, 0) is 24.3 Å². The number of anilines is 1. The van der Waals surface area contributed by atoms with Crippen LogP contribution in [0.2, 0.25) is 0 Å². The Labute approximate surface area is 159 Å². The molecule has 136 valence electrons. The molecule has 3 heterocycles. The van der Waals surface area contributed by atoms with Crippen LogP contribution in [-0.2, 0) is 0 Å². The van der Waals surface area contributed by atoms with Gasteiger partial charge >= 0.3 is 0 Å². The van der Waals surface area contributed by atoms with Gasteiger partial charge in [-0.1, -0.05) is 34.1 Å². The van der Waals surface area contributed by atoms with Crippen molar-refractivity contribution in [3.8, 4) is 0 Å². The maximum absolute atomic E-state index is 4.10. The van der Waals surface area contributed by atoms with E-state index in [2.05, 4.69) is 47.8 Å². The average Bonchev–Trinajstić information content (AvgIpc) is 2.72. The lowest BCUT2D eigenvalue weighted by Gasteiger charge is -2.28. The van der Waals surface area contributed by atoms with Crippen molar-refractivity contribution in [1.29, 1.82) is 0 Å². The van der Waals surface area contributed by atoms with Crippen LogP contribution in [0.3, 0.4) is 0 Å². The third-order valence-electron chi connectivity index (χ3n) is 3.82. The van der Waals surface area contributed by atoms with Gasteiger partial charge in [0.15, 0.2) is 0 Å². The molecule has 2 aliphatic rings. The summed E-state index contributed by atoms with van der Waals surface area (Å²) in [7, 11) is 0. The van der Waals surface area contributed by atoms with Crippen molar-refractivity contribution in [2.45, 2.75) is 0 Å². The number of nitrogens with one attached hydrogen (secondary N) is 3. The lowest BCUT2D eigenvalue weighted by atomic mass is 10.3. The molecule has 0 spiro atoms. The second-order valence-electron chi connectivity index (χ2n) is 5.74. The highest BCUT2D eigenvalue weighted by atomic mass is 79.9. The summed E-state index contributed by atoms with van der Waals surface area (Å²) in [6.07, 6.45) is 3.73. The summed E-state index contributed by atoms with van der Waals surface area (Å²) in [5.41, 5.74) is 1.24. The smallest absolute Gasteiger partial charge is 0.0553 e. The number of rotatable bonds is 1. The van der Waals surface area contributed by atoms with E-state index in [0.29, 0.717) is 0 Å². The van der Waals surface area contributed by atoms with Gasteiger partial charge in [-0.25, -0.2) is 0 Å². The molecule has 25 heavy (non-hydrogen) atoms. The van der Waals surface area contributed by atoms with Crippen molar-refractivity contribution in [2.75, 3.05) is 57.3 Å². The van der Waals surface area contributed by atoms with Crippen molar-refractivity contribution in [1.82, 2.24) is 20.9 Å². The van der Waals surface area contributed by atoms with Crippen LogP contribution >= 0.6 is 15.9 Å². The van der Waals surface area contributed by atoms with Gasteiger partial charge in [-0.15, -0.1) is 0 Å². The summed E-state index contributed by atoms with van der Waals surface area (Å²) in [5, 5.41) is 9.77. The van der Waals surface area contributed by atoms with Crippen molar-refractivity contribution in [2.24, 2.45) is 0 Å². The first kappa shape index (κ1) is 19.8. The lowest BCUT2D eigenvalue weighted by Crippen LogP contribution is -2.43. The molecule has 2 fully saturated rings.